The SMILES string of the molecule is Nc1ccc(F)c(-c2nc3ncc(C4=CCCC=C4)cn3n2)c1. The van der Waals surface area contributed by atoms with E-state index in [1.165, 1.54) is 18.2 Å². The highest BCUT2D eigenvalue weighted by molar-refractivity contribution is 5.74. The summed E-state index contributed by atoms with van der Waals surface area (Å²) in [5, 5.41) is 4.34. The average molecular weight is 307 g/mol. The molecule has 1 aliphatic carbocycles. The molecule has 23 heavy (non-hydrogen) atoms. The molecule has 6 heteroatoms. The number of rotatable bonds is 2. The third-order valence-electron chi connectivity index (χ3n) is 3.75. The van der Waals surface area contributed by atoms with Crippen molar-refractivity contribution in [2.75, 3.05) is 5.73 Å². The van der Waals surface area contributed by atoms with Gasteiger partial charge >= 0.3 is 0 Å². The fourth-order valence-corrected chi connectivity index (χ4v) is 2.59. The first-order valence-corrected chi connectivity index (χ1v) is 7.35. The Hall–Kier alpha value is -3.02. The third kappa shape index (κ3) is 2.48. The summed E-state index contributed by atoms with van der Waals surface area (Å²) in [5.41, 5.74) is 8.52. The van der Waals surface area contributed by atoms with E-state index in [0.29, 0.717) is 11.5 Å². The van der Waals surface area contributed by atoms with Crippen LogP contribution in [0.2, 0.25) is 0 Å². The quantitative estimate of drug-likeness (QED) is 0.738. The van der Waals surface area contributed by atoms with E-state index >= 15 is 0 Å². The molecule has 0 radical (unpaired) electrons. The summed E-state index contributed by atoms with van der Waals surface area (Å²) in [4.78, 5) is 8.59. The number of fused-ring (bicyclic) bond motifs is 1. The van der Waals surface area contributed by atoms with Crippen molar-refractivity contribution < 1.29 is 4.39 Å². The number of nitrogen functional groups attached to an aromatic ring is 1. The van der Waals surface area contributed by atoms with E-state index in [4.69, 9.17) is 5.73 Å². The van der Waals surface area contributed by atoms with Crippen LogP contribution in [0.1, 0.15) is 18.4 Å². The lowest BCUT2D eigenvalue weighted by Gasteiger charge is -2.06. The number of halogens is 1. The van der Waals surface area contributed by atoms with Crippen molar-refractivity contribution in [2.24, 2.45) is 0 Å². The van der Waals surface area contributed by atoms with Gasteiger partial charge in [-0.15, -0.1) is 5.10 Å². The van der Waals surface area contributed by atoms with Crippen LogP contribution in [0.4, 0.5) is 10.1 Å². The predicted molar refractivity (Wildman–Crippen MR) is 86.9 cm³/mol. The Labute approximate surface area is 132 Å². The molecular weight excluding hydrogens is 293 g/mol. The smallest absolute Gasteiger partial charge is 0.252 e. The minimum Gasteiger partial charge on any atom is -0.399 e. The van der Waals surface area contributed by atoms with Crippen LogP contribution in [0.3, 0.4) is 0 Å². The molecule has 5 nitrogen and oxygen atoms in total. The van der Waals surface area contributed by atoms with Crippen LogP contribution in [0.25, 0.3) is 22.7 Å². The van der Waals surface area contributed by atoms with Gasteiger partial charge < -0.3 is 5.73 Å². The van der Waals surface area contributed by atoms with Gasteiger partial charge in [-0.1, -0.05) is 18.2 Å². The van der Waals surface area contributed by atoms with Crippen LogP contribution >= 0.6 is 0 Å². The standard InChI is InChI=1S/C17H14FN5/c18-15-7-6-13(19)8-14(15)16-21-17-20-9-12(10-23(17)22-16)11-4-2-1-3-5-11/h2,4-10H,1,3,19H2. The van der Waals surface area contributed by atoms with Crippen LogP contribution in [0, 0.1) is 5.82 Å². The fourth-order valence-electron chi connectivity index (χ4n) is 2.59. The number of nitrogens with two attached hydrogens (primary N) is 1. The first-order valence-electron chi connectivity index (χ1n) is 7.35. The number of hydrogen-bond donors (Lipinski definition) is 1. The second-order valence-corrected chi connectivity index (χ2v) is 5.40. The molecule has 0 bridgehead atoms. The lowest BCUT2D eigenvalue weighted by molar-refractivity contribution is 0.630. The van der Waals surface area contributed by atoms with E-state index in [1.54, 1.807) is 10.7 Å². The largest absolute Gasteiger partial charge is 0.399 e. The molecule has 3 aromatic rings. The first kappa shape index (κ1) is 13.6. The molecule has 2 aromatic heterocycles. The number of nitrogens with zero attached hydrogens (tertiary/aromatic N) is 4. The third-order valence-corrected chi connectivity index (χ3v) is 3.75. The predicted octanol–water partition coefficient (Wildman–Crippen LogP) is 3.25. The summed E-state index contributed by atoms with van der Waals surface area (Å²) in [6.45, 7) is 0. The van der Waals surface area contributed by atoms with Crippen molar-refractivity contribution >= 4 is 17.0 Å². The highest BCUT2D eigenvalue weighted by atomic mass is 19.1. The first-order chi connectivity index (χ1) is 11.2. The minimum atomic E-state index is -0.409. The lowest BCUT2D eigenvalue weighted by atomic mass is 10.0. The van der Waals surface area contributed by atoms with Gasteiger partial charge in [0.25, 0.3) is 5.78 Å². The van der Waals surface area contributed by atoms with Crippen molar-refractivity contribution in [1.82, 2.24) is 19.6 Å². The Morgan fingerprint density at radius 1 is 1.22 bits per heavy atom. The van der Waals surface area contributed by atoms with Gasteiger partial charge in [0.1, 0.15) is 5.82 Å². The molecule has 2 N–H and O–H groups in total. The van der Waals surface area contributed by atoms with Crippen LogP contribution < -0.4 is 5.73 Å². The molecule has 0 aliphatic heterocycles. The number of benzene rings is 1. The maximum absolute atomic E-state index is 14.0. The maximum atomic E-state index is 14.0. The normalized spacial score (nSPS) is 14.2. The van der Waals surface area contributed by atoms with Gasteiger partial charge in [-0.05, 0) is 36.6 Å². The topological polar surface area (TPSA) is 69.1 Å². The number of hydrogen-bond acceptors (Lipinski definition) is 4. The van der Waals surface area contributed by atoms with Gasteiger partial charge in [0, 0.05) is 23.6 Å². The molecule has 114 valence electrons. The van der Waals surface area contributed by atoms with E-state index in [2.05, 4.69) is 33.3 Å². The summed E-state index contributed by atoms with van der Waals surface area (Å²) < 4.78 is 15.5. The summed E-state index contributed by atoms with van der Waals surface area (Å²) >= 11 is 0. The summed E-state index contributed by atoms with van der Waals surface area (Å²) in [6, 6.07) is 4.34. The zero-order chi connectivity index (χ0) is 15.8. The van der Waals surface area contributed by atoms with Crippen molar-refractivity contribution in [2.45, 2.75) is 12.8 Å². The van der Waals surface area contributed by atoms with Crippen LogP contribution in [0.5, 0.6) is 0 Å². The Morgan fingerprint density at radius 3 is 2.96 bits per heavy atom. The van der Waals surface area contributed by atoms with Crippen molar-refractivity contribution in [3.63, 3.8) is 0 Å². The van der Waals surface area contributed by atoms with Crippen LogP contribution in [0.15, 0.2) is 48.8 Å². The molecule has 4 rings (SSSR count). The Balaban J connectivity index is 1.80. The molecule has 0 unspecified atom stereocenters. The fraction of sp³-hybridized carbons (Fsp3) is 0.118. The van der Waals surface area contributed by atoms with Gasteiger partial charge in [0.05, 0.1) is 5.56 Å². The number of aromatic nitrogens is 4. The highest BCUT2D eigenvalue weighted by Gasteiger charge is 2.13. The monoisotopic (exact) mass is 307 g/mol. The molecule has 1 aliphatic rings. The van der Waals surface area contributed by atoms with Gasteiger partial charge in [-0.3, -0.25) is 0 Å². The van der Waals surface area contributed by atoms with Gasteiger partial charge in [-0.25, -0.2) is 13.9 Å². The van der Waals surface area contributed by atoms with E-state index < -0.39 is 5.82 Å². The van der Waals surface area contributed by atoms with Crippen LogP contribution in [-0.2, 0) is 0 Å². The zero-order valence-corrected chi connectivity index (χ0v) is 12.3. The second kappa shape index (κ2) is 5.31. The van der Waals surface area contributed by atoms with E-state index in [-0.39, 0.29) is 11.4 Å². The number of anilines is 1. The maximum Gasteiger partial charge on any atom is 0.252 e. The second-order valence-electron chi connectivity index (χ2n) is 5.40. The Morgan fingerprint density at radius 2 is 2.13 bits per heavy atom. The van der Waals surface area contributed by atoms with Gasteiger partial charge in [0.2, 0.25) is 0 Å². The van der Waals surface area contributed by atoms with Gasteiger partial charge in [0.15, 0.2) is 5.82 Å². The van der Waals surface area contributed by atoms with E-state index in [9.17, 15) is 4.39 Å². The molecular formula is C17H14FN5. The van der Waals surface area contributed by atoms with E-state index in [1.807, 2.05) is 6.20 Å². The van der Waals surface area contributed by atoms with Crippen molar-refractivity contribution in [1.29, 1.82) is 0 Å². The number of allylic oxidation sites excluding steroid dienone is 4. The Kier molecular flexibility index (Phi) is 3.15. The molecule has 2 heterocycles. The zero-order valence-electron chi connectivity index (χ0n) is 12.3. The van der Waals surface area contributed by atoms with Crippen molar-refractivity contribution in [3.8, 4) is 11.4 Å². The molecule has 0 fully saturated rings. The minimum absolute atomic E-state index is 0.271. The van der Waals surface area contributed by atoms with Crippen LogP contribution in [-0.4, -0.2) is 19.6 Å². The molecule has 0 saturated heterocycles. The van der Waals surface area contributed by atoms with Gasteiger partial charge in [-0.2, -0.15) is 4.98 Å². The molecule has 0 spiro atoms. The van der Waals surface area contributed by atoms with E-state index in [0.717, 1.165) is 24.0 Å². The molecule has 0 saturated carbocycles. The summed E-state index contributed by atoms with van der Waals surface area (Å²) in [6.07, 6.45) is 12.0. The summed E-state index contributed by atoms with van der Waals surface area (Å²) in [5.74, 6) is 0.284. The Bertz CT molecular complexity index is 955. The highest BCUT2D eigenvalue weighted by Crippen LogP contribution is 2.24. The lowest BCUT2D eigenvalue weighted by Crippen LogP contribution is -1.95. The van der Waals surface area contributed by atoms with Crippen molar-refractivity contribution in [3.05, 3.63) is 60.2 Å². The molecule has 0 amide bonds. The summed E-state index contributed by atoms with van der Waals surface area (Å²) in [7, 11) is 0. The molecule has 1 aromatic carbocycles. The average Bonchev–Trinajstić information content (AvgIpc) is 3.00. The molecule has 0 atom stereocenters.